The number of methoxy groups -OCH3 is 1. The Morgan fingerprint density at radius 2 is 1.47 bits per heavy atom. The van der Waals surface area contributed by atoms with Crippen LogP contribution < -0.4 is 4.74 Å². The zero-order chi connectivity index (χ0) is 24.8. The fraction of sp³-hybridized carbons (Fsp3) is 0.269. The van der Waals surface area contributed by atoms with Gasteiger partial charge in [0.05, 0.1) is 13.0 Å². The maximum Gasteiger partial charge on any atom is 0.309 e. The highest BCUT2D eigenvalue weighted by Gasteiger charge is 2.29. The van der Waals surface area contributed by atoms with Crippen LogP contribution in [0.1, 0.15) is 47.8 Å². The summed E-state index contributed by atoms with van der Waals surface area (Å²) >= 11 is 6.92. The lowest BCUT2D eigenvalue weighted by molar-refractivity contribution is -0.153. The average Bonchev–Trinajstić information content (AvgIpc) is 2.81. The second-order valence-electron chi connectivity index (χ2n) is 7.96. The molecule has 0 radical (unpaired) electrons. The molecule has 0 bridgehead atoms. The summed E-state index contributed by atoms with van der Waals surface area (Å²) in [7, 11) is 1.39. The summed E-state index contributed by atoms with van der Waals surface area (Å²) in [6.07, 6.45) is 0.731. The predicted molar refractivity (Wildman–Crippen MR) is 136 cm³/mol. The van der Waals surface area contributed by atoms with E-state index >= 15 is 0 Å². The van der Waals surface area contributed by atoms with Crippen molar-refractivity contribution in [3.8, 4) is 11.5 Å². The second kappa shape index (κ2) is 11.6. The van der Waals surface area contributed by atoms with E-state index in [1.807, 2.05) is 55.5 Å². The van der Waals surface area contributed by atoms with Gasteiger partial charge in [-0.25, -0.2) is 4.98 Å². The lowest BCUT2D eigenvalue weighted by atomic mass is 9.87. The number of halogens is 2. The van der Waals surface area contributed by atoms with Crippen LogP contribution in [0.5, 0.6) is 11.5 Å². The van der Waals surface area contributed by atoms with Gasteiger partial charge in [-0.1, -0.05) is 63.0 Å². The minimum absolute atomic E-state index is 0.130. The lowest BCUT2D eigenvalue weighted by Gasteiger charge is -2.26. The van der Waals surface area contributed by atoms with E-state index in [0.29, 0.717) is 0 Å². The topological polar surface area (TPSA) is 85.7 Å². The Kier molecular flexibility index (Phi) is 8.85. The van der Waals surface area contributed by atoms with Gasteiger partial charge in [-0.15, -0.1) is 0 Å². The number of carbonyl (C=O) groups excluding carboxylic acids is 2. The number of nitrogens with zero attached hydrogens (tertiary/aromatic N) is 1. The normalized spacial score (nSPS) is 12.8. The zero-order valence-corrected chi connectivity index (χ0v) is 22.2. The molecule has 0 saturated carbocycles. The van der Waals surface area contributed by atoms with Crippen molar-refractivity contribution in [2.24, 2.45) is 5.92 Å². The summed E-state index contributed by atoms with van der Waals surface area (Å²) in [5, 5.41) is 10.2. The van der Waals surface area contributed by atoms with Crippen LogP contribution in [0.15, 0.2) is 69.7 Å². The smallest absolute Gasteiger partial charge is 0.309 e. The summed E-state index contributed by atoms with van der Waals surface area (Å²) in [5.41, 5.74) is 1.87. The Hall–Kier alpha value is -2.71. The zero-order valence-electron chi connectivity index (χ0n) is 19.0. The van der Waals surface area contributed by atoms with E-state index in [1.54, 1.807) is 6.92 Å². The third-order valence-corrected chi connectivity index (χ3v) is 6.55. The minimum Gasteiger partial charge on any atom is -0.503 e. The third kappa shape index (κ3) is 6.24. The maximum absolute atomic E-state index is 12.9. The number of Topliss-reactive ketones (excluding diaryl/α,β-unsaturated/α-hetero) is 1. The van der Waals surface area contributed by atoms with Gasteiger partial charge in [-0.2, -0.15) is 0 Å². The highest BCUT2D eigenvalue weighted by molar-refractivity contribution is 9.10. The van der Waals surface area contributed by atoms with E-state index in [1.165, 1.54) is 19.4 Å². The number of hydrogen-bond donors (Lipinski definition) is 1. The fourth-order valence-electron chi connectivity index (χ4n) is 3.71. The van der Waals surface area contributed by atoms with Gasteiger partial charge in [0.15, 0.2) is 23.0 Å². The standard InChI is InChI=1S/C26H25Br2NO5/c1-15(14-21(30)24-25(31)22(33-3)12-13-29-24)26(32)34-16(2)23(17-4-8-19(27)9-5-17)18-6-10-20(28)11-7-18/h4-13,15-16,23,31H,14H2,1-3H3/t15-,16+/m1/s1. The van der Waals surface area contributed by atoms with Gasteiger partial charge < -0.3 is 14.6 Å². The van der Waals surface area contributed by atoms with E-state index in [9.17, 15) is 14.7 Å². The molecule has 2 aromatic carbocycles. The van der Waals surface area contributed by atoms with E-state index < -0.39 is 23.8 Å². The molecule has 0 spiro atoms. The number of pyridine rings is 1. The molecule has 0 unspecified atom stereocenters. The first-order chi connectivity index (χ1) is 16.2. The monoisotopic (exact) mass is 589 g/mol. The van der Waals surface area contributed by atoms with Crippen molar-refractivity contribution >= 4 is 43.6 Å². The van der Waals surface area contributed by atoms with Crippen molar-refractivity contribution in [3.63, 3.8) is 0 Å². The SMILES string of the molecule is COc1ccnc(C(=O)C[C@@H](C)C(=O)O[C@@H](C)C(c2ccc(Br)cc2)c2ccc(Br)cc2)c1O. The van der Waals surface area contributed by atoms with Crippen LogP contribution in [-0.2, 0) is 9.53 Å². The van der Waals surface area contributed by atoms with Gasteiger partial charge in [0, 0.05) is 33.5 Å². The number of ether oxygens (including phenoxy) is 2. The summed E-state index contributed by atoms with van der Waals surface area (Å²) in [6, 6.07) is 17.2. The molecule has 178 valence electrons. The molecule has 2 atom stereocenters. The van der Waals surface area contributed by atoms with Crippen LogP contribution >= 0.6 is 31.9 Å². The second-order valence-corrected chi connectivity index (χ2v) is 9.79. The molecule has 0 aliphatic carbocycles. The summed E-state index contributed by atoms with van der Waals surface area (Å²) in [6.45, 7) is 3.47. The van der Waals surface area contributed by atoms with Crippen LogP contribution in [-0.4, -0.2) is 35.1 Å². The third-order valence-electron chi connectivity index (χ3n) is 5.49. The Labute approximate surface area is 215 Å². The molecule has 1 N–H and O–H groups in total. The van der Waals surface area contributed by atoms with Crippen molar-refractivity contribution in [2.45, 2.75) is 32.3 Å². The van der Waals surface area contributed by atoms with E-state index in [4.69, 9.17) is 9.47 Å². The Balaban J connectivity index is 1.76. The molecule has 8 heteroatoms. The van der Waals surface area contributed by atoms with E-state index in [-0.39, 0.29) is 29.5 Å². The summed E-state index contributed by atoms with van der Waals surface area (Å²) < 4.78 is 12.8. The summed E-state index contributed by atoms with van der Waals surface area (Å²) in [4.78, 5) is 29.5. The quantitative estimate of drug-likeness (QED) is 0.233. The van der Waals surface area contributed by atoms with Crippen molar-refractivity contribution in [3.05, 3.63) is 86.6 Å². The van der Waals surface area contributed by atoms with Gasteiger partial charge in [0.2, 0.25) is 0 Å². The van der Waals surface area contributed by atoms with Gasteiger partial charge in [0.1, 0.15) is 6.10 Å². The maximum atomic E-state index is 12.9. The molecule has 1 aromatic heterocycles. The highest BCUT2D eigenvalue weighted by atomic mass is 79.9. The highest BCUT2D eigenvalue weighted by Crippen LogP contribution is 2.33. The first-order valence-electron chi connectivity index (χ1n) is 10.7. The summed E-state index contributed by atoms with van der Waals surface area (Å²) in [5.74, 6) is -2.08. The number of aromatic hydroxyl groups is 1. The number of benzene rings is 2. The predicted octanol–water partition coefficient (Wildman–Crippen LogP) is 6.29. The van der Waals surface area contributed by atoms with Crippen LogP contribution in [0.3, 0.4) is 0 Å². The van der Waals surface area contributed by atoms with Crippen molar-refractivity contribution in [1.29, 1.82) is 0 Å². The minimum atomic E-state index is -0.724. The number of carbonyl (C=O) groups is 2. The van der Waals surface area contributed by atoms with Crippen LogP contribution in [0.4, 0.5) is 0 Å². The largest absolute Gasteiger partial charge is 0.503 e. The van der Waals surface area contributed by atoms with Crippen molar-refractivity contribution in [2.75, 3.05) is 7.11 Å². The average molecular weight is 591 g/mol. The fourth-order valence-corrected chi connectivity index (χ4v) is 4.23. The number of hydrogen-bond acceptors (Lipinski definition) is 6. The van der Waals surface area contributed by atoms with Gasteiger partial charge in [-0.3, -0.25) is 9.59 Å². The molecule has 0 saturated heterocycles. The molecule has 1 heterocycles. The van der Waals surface area contributed by atoms with Crippen LogP contribution in [0.2, 0.25) is 0 Å². The van der Waals surface area contributed by atoms with Gasteiger partial charge in [0.25, 0.3) is 0 Å². The Morgan fingerprint density at radius 1 is 0.941 bits per heavy atom. The lowest BCUT2D eigenvalue weighted by Crippen LogP contribution is -2.28. The van der Waals surface area contributed by atoms with Gasteiger partial charge in [-0.05, 0) is 42.3 Å². The Morgan fingerprint density at radius 3 is 1.97 bits per heavy atom. The Bertz CT molecular complexity index is 1100. The number of aromatic nitrogens is 1. The molecular weight excluding hydrogens is 566 g/mol. The van der Waals surface area contributed by atoms with Crippen LogP contribution in [0, 0.1) is 5.92 Å². The van der Waals surface area contributed by atoms with Crippen LogP contribution in [0.25, 0.3) is 0 Å². The molecule has 3 rings (SSSR count). The number of rotatable bonds is 9. The molecule has 3 aromatic rings. The molecule has 6 nitrogen and oxygen atoms in total. The number of ketones is 1. The number of esters is 1. The van der Waals surface area contributed by atoms with Crippen molar-refractivity contribution in [1.82, 2.24) is 4.98 Å². The van der Waals surface area contributed by atoms with Gasteiger partial charge >= 0.3 is 5.97 Å². The first kappa shape index (κ1) is 25.9. The molecule has 0 amide bonds. The molecule has 0 fully saturated rings. The van der Waals surface area contributed by atoms with E-state index in [2.05, 4.69) is 36.8 Å². The van der Waals surface area contributed by atoms with E-state index in [0.717, 1.165) is 20.1 Å². The molecular formula is C26H25Br2NO5. The van der Waals surface area contributed by atoms with Crippen molar-refractivity contribution < 1.29 is 24.2 Å². The molecule has 34 heavy (non-hydrogen) atoms. The molecule has 0 aliphatic heterocycles. The first-order valence-corrected chi connectivity index (χ1v) is 12.3. The molecule has 0 aliphatic rings.